The van der Waals surface area contributed by atoms with Gasteiger partial charge in [0.1, 0.15) is 6.20 Å². The molecule has 0 aliphatic rings. The molecule has 0 aliphatic heterocycles. The molecular weight excluding hydrogens is 258 g/mol. The number of nitrogens with zero attached hydrogens (tertiary/aromatic N) is 3. The Bertz CT molecular complexity index is 462. The standard InChI is InChI=1S/C13H23N5O2/c1-5-7-13(3,4)17-11-10(18(19)20)9-15-12(16-11)14-8-6-2/h9H,5-8H2,1-4H3,(H2,14,15,16,17). The smallest absolute Gasteiger partial charge is 0.329 e. The Hall–Kier alpha value is -1.92. The van der Waals surface area contributed by atoms with Crippen LogP contribution >= 0.6 is 0 Å². The fraction of sp³-hybridized carbons (Fsp3) is 0.692. The quantitative estimate of drug-likeness (QED) is 0.561. The van der Waals surface area contributed by atoms with Crippen molar-refractivity contribution >= 4 is 17.5 Å². The minimum atomic E-state index is -0.464. The number of nitrogens with one attached hydrogen (secondary N) is 2. The summed E-state index contributed by atoms with van der Waals surface area (Å²) in [6.07, 6.45) is 4.06. The van der Waals surface area contributed by atoms with Gasteiger partial charge >= 0.3 is 5.69 Å². The Labute approximate surface area is 119 Å². The molecule has 0 saturated carbocycles. The molecule has 0 unspecified atom stereocenters. The highest BCUT2D eigenvalue weighted by molar-refractivity contribution is 5.58. The summed E-state index contributed by atoms with van der Waals surface area (Å²) in [6.45, 7) is 8.84. The predicted molar refractivity (Wildman–Crippen MR) is 80.1 cm³/mol. The molecule has 0 aromatic carbocycles. The van der Waals surface area contributed by atoms with E-state index in [4.69, 9.17) is 0 Å². The highest BCUT2D eigenvalue weighted by atomic mass is 16.6. The normalized spacial score (nSPS) is 11.2. The predicted octanol–water partition coefficient (Wildman–Crippen LogP) is 3.20. The maximum Gasteiger partial charge on any atom is 0.329 e. The van der Waals surface area contributed by atoms with Gasteiger partial charge in [0.2, 0.25) is 11.8 Å². The highest BCUT2D eigenvalue weighted by Crippen LogP contribution is 2.26. The second-order valence-electron chi connectivity index (χ2n) is 5.37. The summed E-state index contributed by atoms with van der Waals surface area (Å²) in [6, 6.07) is 0. The van der Waals surface area contributed by atoms with Crippen LogP contribution in [0.3, 0.4) is 0 Å². The van der Waals surface area contributed by atoms with Crippen LogP contribution in [0.15, 0.2) is 6.20 Å². The molecule has 112 valence electrons. The summed E-state index contributed by atoms with van der Waals surface area (Å²) in [5.74, 6) is 0.675. The van der Waals surface area contributed by atoms with Gasteiger partial charge in [-0.1, -0.05) is 20.3 Å². The Morgan fingerprint density at radius 1 is 1.35 bits per heavy atom. The molecule has 7 heteroatoms. The van der Waals surface area contributed by atoms with Crippen molar-refractivity contribution in [3.05, 3.63) is 16.3 Å². The van der Waals surface area contributed by atoms with Gasteiger partial charge in [-0.25, -0.2) is 4.98 Å². The Morgan fingerprint density at radius 3 is 2.60 bits per heavy atom. The monoisotopic (exact) mass is 281 g/mol. The first kappa shape index (κ1) is 16.1. The van der Waals surface area contributed by atoms with Gasteiger partial charge in [-0.05, 0) is 26.7 Å². The van der Waals surface area contributed by atoms with Gasteiger partial charge in [0, 0.05) is 12.1 Å². The molecule has 0 bridgehead atoms. The van der Waals surface area contributed by atoms with Crippen LogP contribution < -0.4 is 10.6 Å². The Morgan fingerprint density at radius 2 is 2.05 bits per heavy atom. The number of aromatic nitrogens is 2. The first-order valence-corrected chi connectivity index (χ1v) is 6.93. The zero-order valence-corrected chi connectivity index (χ0v) is 12.6. The van der Waals surface area contributed by atoms with Crippen molar-refractivity contribution in [3.8, 4) is 0 Å². The van der Waals surface area contributed by atoms with E-state index in [2.05, 4.69) is 27.5 Å². The zero-order chi connectivity index (χ0) is 15.2. The SMILES string of the molecule is CCCNc1ncc([N+](=O)[O-])c(NC(C)(C)CCC)n1. The van der Waals surface area contributed by atoms with E-state index in [1.807, 2.05) is 20.8 Å². The molecule has 1 rings (SSSR count). The number of nitro groups is 1. The maximum absolute atomic E-state index is 11.1. The lowest BCUT2D eigenvalue weighted by Gasteiger charge is -2.26. The molecule has 0 atom stereocenters. The summed E-state index contributed by atoms with van der Waals surface area (Å²) in [5.41, 5.74) is -0.355. The van der Waals surface area contributed by atoms with Gasteiger partial charge < -0.3 is 10.6 Å². The average molecular weight is 281 g/mol. The van der Waals surface area contributed by atoms with Gasteiger partial charge in [0.05, 0.1) is 4.92 Å². The summed E-state index contributed by atoms with van der Waals surface area (Å²) in [4.78, 5) is 18.8. The van der Waals surface area contributed by atoms with Crippen molar-refractivity contribution in [2.75, 3.05) is 17.2 Å². The third-order valence-corrected chi connectivity index (χ3v) is 2.83. The molecule has 0 radical (unpaired) electrons. The lowest BCUT2D eigenvalue weighted by molar-refractivity contribution is -0.384. The summed E-state index contributed by atoms with van der Waals surface area (Å²) < 4.78 is 0. The summed E-state index contributed by atoms with van der Waals surface area (Å²) >= 11 is 0. The second-order valence-corrected chi connectivity index (χ2v) is 5.37. The maximum atomic E-state index is 11.1. The lowest BCUT2D eigenvalue weighted by Crippen LogP contribution is -2.31. The van der Waals surface area contributed by atoms with Gasteiger partial charge in [0.15, 0.2) is 0 Å². The van der Waals surface area contributed by atoms with Gasteiger partial charge in [-0.15, -0.1) is 0 Å². The van der Waals surface area contributed by atoms with E-state index in [1.165, 1.54) is 6.20 Å². The Balaban J connectivity index is 3.02. The molecule has 0 saturated heterocycles. The molecule has 0 fully saturated rings. The van der Waals surface area contributed by atoms with Crippen molar-refractivity contribution in [1.82, 2.24) is 9.97 Å². The largest absolute Gasteiger partial charge is 0.359 e. The summed E-state index contributed by atoms with van der Waals surface area (Å²) in [5, 5.41) is 17.2. The molecule has 0 spiro atoms. The highest BCUT2D eigenvalue weighted by Gasteiger charge is 2.24. The lowest BCUT2D eigenvalue weighted by atomic mass is 9.99. The number of hydrogen-bond acceptors (Lipinski definition) is 6. The molecule has 2 N–H and O–H groups in total. The third-order valence-electron chi connectivity index (χ3n) is 2.83. The number of anilines is 2. The number of hydrogen-bond donors (Lipinski definition) is 2. The zero-order valence-electron chi connectivity index (χ0n) is 12.6. The van der Waals surface area contributed by atoms with Crippen molar-refractivity contribution in [2.24, 2.45) is 0 Å². The van der Waals surface area contributed by atoms with E-state index in [0.29, 0.717) is 5.95 Å². The molecule has 1 aromatic heterocycles. The molecule has 0 amide bonds. The van der Waals surface area contributed by atoms with E-state index >= 15 is 0 Å². The number of rotatable bonds is 8. The molecule has 1 heterocycles. The topological polar surface area (TPSA) is 93.0 Å². The molecule has 7 nitrogen and oxygen atoms in total. The van der Waals surface area contributed by atoms with Crippen molar-refractivity contribution in [3.63, 3.8) is 0 Å². The van der Waals surface area contributed by atoms with Crippen LogP contribution in [0.25, 0.3) is 0 Å². The van der Waals surface area contributed by atoms with Crippen molar-refractivity contribution < 1.29 is 4.92 Å². The van der Waals surface area contributed by atoms with Crippen LogP contribution in [0, 0.1) is 10.1 Å². The first-order chi connectivity index (χ1) is 9.39. The average Bonchev–Trinajstić information content (AvgIpc) is 2.35. The molecular formula is C13H23N5O2. The van der Waals surface area contributed by atoms with E-state index in [-0.39, 0.29) is 17.0 Å². The van der Waals surface area contributed by atoms with Crippen LogP contribution in [0.1, 0.15) is 47.0 Å². The van der Waals surface area contributed by atoms with Crippen LogP contribution in [-0.4, -0.2) is 27.0 Å². The fourth-order valence-corrected chi connectivity index (χ4v) is 1.93. The van der Waals surface area contributed by atoms with Crippen molar-refractivity contribution in [2.45, 2.75) is 52.5 Å². The van der Waals surface area contributed by atoms with Crippen LogP contribution in [0.2, 0.25) is 0 Å². The van der Waals surface area contributed by atoms with Crippen LogP contribution in [0.5, 0.6) is 0 Å². The Kier molecular flexibility index (Phi) is 5.66. The van der Waals surface area contributed by atoms with E-state index in [1.54, 1.807) is 0 Å². The molecule has 0 aliphatic carbocycles. The minimum Gasteiger partial charge on any atom is -0.359 e. The van der Waals surface area contributed by atoms with Gasteiger partial charge in [0.25, 0.3) is 0 Å². The second kappa shape index (κ2) is 7.02. The molecule has 1 aromatic rings. The fourth-order valence-electron chi connectivity index (χ4n) is 1.93. The van der Waals surface area contributed by atoms with E-state index in [0.717, 1.165) is 25.8 Å². The van der Waals surface area contributed by atoms with E-state index < -0.39 is 4.92 Å². The van der Waals surface area contributed by atoms with E-state index in [9.17, 15) is 10.1 Å². The van der Waals surface area contributed by atoms with Gasteiger partial charge in [-0.3, -0.25) is 10.1 Å². The van der Waals surface area contributed by atoms with Crippen LogP contribution in [0.4, 0.5) is 17.5 Å². The molecule has 20 heavy (non-hydrogen) atoms. The minimum absolute atomic E-state index is 0.101. The first-order valence-electron chi connectivity index (χ1n) is 6.93. The van der Waals surface area contributed by atoms with Crippen LogP contribution in [-0.2, 0) is 0 Å². The van der Waals surface area contributed by atoms with Crippen molar-refractivity contribution in [1.29, 1.82) is 0 Å². The summed E-state index contributed by atoms with van der Waals surface area (Å²) in [7, 11) is 0. The third kappa shape index (κ3) is 4.64. The van der Waals surface area contributed by atoms with Gasteiger partial charge in [-0.2, -0.15) is 4.98 Å².